The Morgan fingerprint density at radius 1 is 1.69 bits per heavy atom. The number of halogens is 1. The topological polar surface area (TPSA) is 32.3 Å². The van der Waals surface area contributed by atoms with E-state index in [4.69, 9.17) is 0 Å². The van der Waals surface area contributed by atoms with Gasteiger partial charge in [0.25, 0.3) is 5.91 Å². The number of carbonyl (C=O) groups excluding carboxylic acids is 1. The molecule has 0 radical (unpaired) electrons. The fraction of sp³-hybridized carbons (Fsp3) is 0.545. The van der Waals surface area contributed by atoms with Gasteiger partial charge in [-0.3, -0.25) is 4.79 Å². The highest BCUT2D eigenvalue weighted by Gasteiger charge is 2.25. The SMILES string of the molecule is Cc1cc(C(=O)N2CCNC[C@H]2C)sc1Br. The molecule has 0 spiro atoms. The monoisotopic (exact) mass is 302 g/mol. The second kappa shape index (κ2) is 4.85. The summed E-state index contributed by atoms with van der Waals surface area (Å²) in [6.07, 6.45) is 0. The fourth-order valence-electron chi connectivity index (χ4n) is 1.85. The van der Waals surface area contributed by atoms with Crippen molar-refractivity contribution in [3.63, 3.8) is 0 Å². The number of carbonyl (C=O) groups is 1. The van der Waals surface area contributed by atoms with Crippen LogP contribution in [-0.4, -0.2) is 36.5 Å². The van der Waals surface area contributed by atoms with Crippen molar-refractivity contribution < 1.29 is 4.79 Å². The van der Waals surface area contributed by atoms with E-state index in [1.807, 2.05) is 17.9 Å². The summed E-state index contributed by atoms with van der Waals surface area (Å²) in [7, 11) is 0. The first-order valence-corrected chi connectivity index (χ1v) is 6.98. The number of nitrogens with one attached hydrogen (secondary N) is 1. The lowest BCUT2D eigenvalue weighted by molar-refractivity contribution is 0.0661. The molecule has 1 N–H and O–H groups in total. The maximum absolute atomic E-state index is 12.3. The van der Waals surface area contributed by atoms with Gasteiger partial charge in [0.15, 0.2) is 0 Å². The molecule has 5 heteroatoms. The quantitative estimate of drug-likeness (QED) is 0.863. The third kappa shape index (κ3) is 2.31. The lowest BCUT2D eigenvalue weighted by Gasteiger charge is -2.33. The van der Waals surface area contributed by atoms with Crippen molar-refractivity contribution in [1.82, 2.24) is 10.2 Å². The molecule has 1 atom stereocenters. The molecular formula is C11H15BrN2OS. The van der Waals surface area contributed by atoms with Gasteiger partial charge in [0.1, 0.15) is 0 Å². The van der Waals surface area contributed by atoms with Crippen LogP contribution in [0, 0.1) is 6.92 Å². The number of hydrogen-bond donors (Lipinski definition) is 1. The molecule has 0 bridgehead atoms. The molecule has 2 rings (SSSR count). The van der Waals surface area contributed by atoms with Crippen molar-refractivity contribution in [2.45, 2.75) is 19.9 Å². The number of nitrogens with zero attached hydrogens (tertiary/aromatic N) is 1. The summed E-state index contributed by atoms with van der Waals surface area (Å²) >= 11 is 4.98. The van der Waals surface area contributed by atoms with E-state index in [0.29, 0.717) is 0 Å². The number of rotatable bonds is 1. The standard InChI is InChI=1S/C11H15BrN2OS/c1-7-5-9(16-10(7)12)11(15)14-4-3-13-6-8(14)2/h5,8,13H,3-4,6H2,1-2H3/t8-/m1/s1. The molecule has 0 aromatic carbocycles. The summed E-state index contributed by atoms with van der Waals surface area (Å²) in [5.41, 5.74) is 1.14. The molecule has 1 aromatic rings. The van der Waals surface area contributed by atoms with Crippen LogP contribution in [0.5, 0.6) is 0 Å². The Bertz CT molecular complexity index is 385. The first kappa shape index (κ1) is 12.1. The van der Waals surface area contributed by atoms with Crippen molar-refractivity contribution in [3.8, 4) is 0 Å². The predicted octanol–water partition coefficient (Wildman–Crippen LogP) is 2.25. The normalized spacial score (nSPS) is 21.2. The molecule has 1 fully saturated rings. The van der Waals surface area contributed by atoms with Crippen LogP contribution in [-0.2, 0) is 0 Å². The largest absolute Gasteiger partial charge is 0.333 e. The Morgan fingerprint density at radius 3 is 3.00 bits per heavy atom. The van der Waals surface area contributed by atoms with E-state index in [-0.39, 0.29) is 11.9 Å². The van der Waals surface area contributed by atoms with E-state index >= 15 is 0 Å². The number of amides is 1. The molecule has 1 saturated heterocycles. The summed E-state index contributed by atoms with van der Waals surface area (Å²) in [4.78, 5) is 15.0. The van der Waals surface area contributed by atoms with Gasteiger partial charge < -0.3 is 10.2 Å². The van der Waals surface area contributed by atoms with Gasteiger partial charge in [0.2, 0.25) is 0 Å². The van der Waals surface area contributed by atoms with Crippen molar-refractivity contribution >= 4 is 33.2 Å². The van der Waals surface area contributed by atoms with Crippen molar-refractivity contribution in [2.75, 3.05) is 19.6 Å². The van der Waals surface area contributed by atoms with E-state index in [9.17, 15) is 4.79 Å². The van der Waals surface area contributed by atoms with Crippen LogP contribution < -0.4 is 5.32 Å². The maximum atomic E-state index is 12.3. The van der Waals surface area contributed by atoms with Gasteiger partial charge in [0, 0.05) is 25.7 Å². The van der Waals surface area contributed by atoms with Gasteiger partial charge in [-0.15, -0.1) is 11.3 Å². The number of thiophene rings is 1. The molecule has 1 amide bonds. The molecule has 1 aliphatic rings. The first-order chi connectivity index (χ1) is 7.59. The summed E-state index contributed by atoms with van der Waals surface area (Å²) < 4.78 is 1.05. The van der Waals surface area contributed by atoms with Gasteiger partial charge in [0.05, 0.1) is 8.66 Å². The molecular weight excluding hydrogens is 288 g/mol. The lowest BCUT2D eigenvalue weighted by Crippen LogP contribution is -2.52. The average molecular weight is 303 g/mol. The first-order valence-electron chi connectivity index (χ1n) is 5.37. The van der Waals surface area contributed by atoms with E-state index in [0.717, 1.165) is 33.9 Å². The molecule has 1 aliphatic heterocycles. The molecule has 0 unspecified atom stereocenters. The van der Waals surface area contributed by atoms with Crippen molar-refractivity contribution in [3.05, 3.63) is 20.3 Å². The van der Waals surface area contributed by atoms with E-state index < -0.39 is 0 Å². The van der Waals surface area contributed by atoms with Crippen LogP contribution >= 0.6 is 27.3 Å². The zero-order valence-corrected chi connectivity index (χ0v) is 11.8. The van der Waals surface area contributed by atoms with Crippen LogP contribution in [0.1, 0.15) is 22.2 Å². The minimum absolute atomic E-state index is 0.160. The smallest absolute Gasteiger partial charge is 0.264 e. The Morgan fingerprint density at radius 2 is 2.44 bits per heavy atom. The lowest BCUT2D eigenvalue weighted by atomic mass is 10.2. The van der Waals surface area contributed by atoms with Gasteiger partial charge in [-0.1, -0.05) is 0 Å². The maximum Gasteiger partial charge on any atom is 0.264 e. The molecule has 0 saturated carbocycles. The van der Waals surface area contributed by atoms with E-state index in [1.165, 1.54) is 11.3 Å². The second-order valence-corrected chi connectivity index (χ2v) is 6.49. The third-order valence-electron chi connectivity index (χ3n) is 2.83. The van der Waals surface area contributed by atoms with Gasteiger partial charge in [-0.2, -0.15) is 0 Å². The average Bonchev–Trinajstić information content (AvgIpc) is 2.59. The Labute approximate surface area is 108 Å². The zero-order valence-electron chi connectivity index (χ0n) is 9.42. The van der Waals surface area contributed by atoms with Crippen molar-refractivity contribution in [2.24, 2.45) is 0 Å². The predicted molar refractivity (Wildman–Crippen MR) is 70.1 cm³/mol. The molecule has 16 heavy (non-hydrogen) atoms. The molecule has 88 valence electrons. The Kier molecular flexibility index (Phi) is 3.66. The highest BCUT2D eigenvalue weighted by Crippen LogP contribution is 2.28. The fourth-order valence-corrected chi connectivity index (χ4v) is 3.34. The van der Waals surface area contributed by atoms with Gasteiger partial charge in [-0.05, 0) is 41.4 Å². The van der Waals surface area contributed by atoms with Crippen LogP contribution in [0.2, 0.25) is 0 Å². The van der Waals surface area contributed by atoms with Crippen LogP contribution in [0.25, 0.3) is 0 Å². The number of piperazine rings is 1. The van der Waals surface area contributed by atoms with E-state index in [2.05, 4.69) is 28.2 Å². The minimum Gasteiger partial charge on any atom is -0.333 e. The number of aryl methyl sites for hydroxylation is 1. The van der Waals surface area contributed by atoms with Gasteiger partial charge >= 0.3 is 0 Å². The number of hydrogen-bond acceptors (Lipinski definition) is 3. The highest BCUT2D eigenvalue weighted by molar-refractivity contribution is 9.11. The van der Waals surface area contributed by atoms with Gasteiger partial charge in [-0.25, -0.2) is 0 Å². The minimum atomic E-state index is 0.160. The zero-order chi connectivity index (χ0) is 11.7. The molecule has 3 nitrogen and oxygen atoms in total. The highest BCUT2D eigenvalue weighted by atomic mass is 79.9. The summed E-state index contributed by atoms with van der Waals surface area (Å²) in [5, 5.41) is 3.29. The van der Waals surface area contributed by atoms with Crippen molar-refractivity contribution in [1.29, 1.82) is 0 Å². The third-order valence-corrected chi connectivity index (χ3v) is 4.95. The Balaban J connectivity index is 2.17. The Hall–Kier alpha value is -0.390. The summed E-state index contributed by atoms with van der Waals surface area (Å²) in [6.45, 7) is 6.67. The summed E-state index contributed by atoms with van der Waals surface area (Å²) in [6, 6.07) is 2.24. The second-order valence-electron chi connectivity index (χ2n) is 4.12. The van der Waals surface area contributed by atoms with E-state index in [1.54, 1.807) is 0 Å². The van der Waals surface area contributed by atoms with Crippen LogP contribution in [0.3, 0.4) is 0 Å². The van der Waals surface area contributed by atoms with Crippen LogP contribution in [0.15, 0.2) is 9.85 Å². The summed E-state index contributed by atoms with van der Waals surface area (Å²) in [5.74, 6) is 0.160. The van der Waals surface area contributed by atoms with Crippen LogP contribution in [0.4, 0.5) is 0 Å². The molecule has 0 aliphatic carbocycles. The molecule has 1 aromatic heterocycles. The molecule has 2 heterocycles.